The fraction of sp³-hybridized carbons (Fsp3) is 0.261. The Balaban J connectivity index is 0.000000193. The summed E-state index contributed by atoms with van der Waals surface area (Å²) < 4.78 is 54.0. The van der Waals surface area contributed by atoms with E-state index < -0.39 is 33.1 Å². The van der Waals surface area contributed by atoms with Crippen LogP contribution >= 0.6 is 31.9 Å². The molecule has 0 unspecified atom stereocenters. The number of ether oxygens (including phenoxy) is 1. The van der Waals surface area contributed by atoms with E-state index >= 15 is 0 Å². The zero-order valence-corrected chi connectivity index (χ0v) is 41.2. The van der Waals surface area contributed by atoms with Crippen molar-refractivity contribution in [2.24, 2.45) is 28.2 Å². The Morgan fingerprint density at radius 2 is 1.10 bits per heavy atom. The minimum Gasteiger partial charge on any atom is -0.481 e. The van der Waals surface area contributed by atoms with Crippen molar-refractivity contribution in [2.75, 3.05) is 0 Å². The molecule has 0 saturated heterocycles. The molecule has 0 amide bonds. The number of aliphatic hydroxyl groups is 1. The van der Waals surface area contributed by atoms with Crippen molar-refractivity contribution >= 4 is 43.5 Å². The summed E-state index contributed by atoms with van der Waals surface area (Å²) in [6.07, 6.45) is 9.36. The lowest BCUT2D eigenvalue weighted by atomic mass is 9.99. The van der Waals surface area contributed by atoms with E-state index in [0.29, 0.717) is 44.2 Å². The Hall–Kier alpha value is -7.11. The Morgan fingerprint density at radius 1 is 0.638 bits per heavy atom. The number of benzene rings is 2. The quantitative estimate of drug-likeness (QED) is 0.0797. The van der Waals surface area contributed by atoms with Gasteiger partial charge < -0.3 is 30.1 Å². The minimum atomic E-state index is -0.940. The van der Waals surface area contributed by atoms with Crippen molar-refractivity contribution in [3.8, 4) is 28.3 Å². The predicted molar refractivity (Wildman–Crippen MR) is 255 cm³/mol. The van der Waals surface area contributed by atoms with Crippen molar-refractivity contribution in [3.63, 3.8) is 0 Å². The molecule has 6 aromatic heterocycles. The molecular formula is C46H45Br2F3N12O6. The van der Waals surface area contributed by atoms with Gasteiger partial charge in [-0.05, 0) is 119 Å². The van der Waals surface area contributed by atoms with Crippen LogP contribution in [0.4, 0.5) is 24.8 Å². The van der Waals surface area contributed by atoms with Crippen molar-refractivity contribution < 1.29 is 32.9 Å². The van der Waals surface area contributed by atoms with Gasteiger partial charge in [-0.1, -0.05) is 13.8 Å². The van der Waals surface area contributed by atoms with Crippen LogP contribution in [0.5, 0.6) is 5.75 Å². The van der Waals surface area contributed by atoms with Gasteiger partial charge in [0.1, 0.15) is 18.2 Å². The molecule has 0 aliphatic rings. The second kappa shape index (κ2) is 22.8. The molecular weight excluding hydrogens is 1030 g/mol. The van der Waals surface area contributed by atoms with Crippen LogP contribution in [0, 0.1) is 37.7 Å². The highest BCUT2D eigenvalue weighted by molar-refractivity contribution is 9.10. The lowest BCUT2D eigenvalue weighted by Gasteiger charge is -2.12. The molecule has 0 saturated carbocycles. The Bertz CT molecular complexity index is 3140. The third-order valence-corrected chi connectivity index (χ3v) is 11.3. The van der Waals surface area contributed by atoms with Crippen molar-refractivity contribution in [1.82, 2.24) is 49.1 Å². The van der Waals surface area contributed by atoms with Crippen molar-refractivity contribution in [3.05, 3.63) is 177 Å². The number of aryl methyl sites for hydroxylation is 6. The number of halogens is 5. The number of aliphatic hydroxyl groups excluding tert-OH is 1. The first-order chi connectivity index (χ1) is 32.9. The van der Waals surface area contributed by atoms with E-state index in [1.807, 2.05) is 49.9 Å². The minimum absolute atomic E-state index is 0.0159. The number of hydrogen-bond acceptors (Lipinski definition) is 12. The van der Waals surface area contributed by atoms with Gasteiger partial charge in [-0.3, -0.25) is 18.7 Å². The maximum absolute atomic E-state index is 14.2. The standard InChI is InChI=1S/C23H22BrFN6O3.C18H21FN4O.C5H2BrFN2O2/c1-4-18-10-19(30(3)27-18)8-14-12-29(2)28-22(14)20-6-5-17(25)7-15(20)13-34-21-9-16(24)11-26-23(21)31(32)33;1-4-15-9-16(23(3)20-15)8-12-10-22(2)21-18(12)17-6-5-14(19)7-13(17)11-24;6-3-1-4(7)5(8-2-3)9(10)11/h5-7,9-12H,4,8,13H2,1-3H3;5-7,9-10,24H,4,8,11H2,1-3H3;1-2H. The van der Waals surface area contributed by atoms with E-state index in [1.165, 1.54) is 42.7 Å². The first kappa shape index (κ1) is 51.3. The topological polar surface area (TPSA) is 213 Å². The Labute approximate surface area is 410 Å². The van der Waals surface area contributed by atoms with Crippen molar-refractivity contribution in [2.45, 2.75) is 52.7 Å². The fourth-order valence-electron chi connectivity index (χ4n) is 7.19. The largest absolute Gasteiger partial charge is 0.481 e. The second-order valence-corrected chi connectivity index (χ2v) is 17.2. The van der Waals surface area contributed by atoms with Crippen LogP contribution in [-0.4, -0.2) is 64.0 Å². The summed E-state index contributed by atoms with van der Waals surface area (Å²) in [7, 11) is 7.52. The number of nitrogens with zero attached hydrogens (tertiary/aromatic N) is 12. The van der Waals surface area contributed by atoms with E-state index in [0.717, 1.165) is 64.1 Å². The van der Waals surface area contributed by atoms with E-state index in [-0.39, 0.29) is 24.8 Å². The summed E-state index contributed by atoms with van der Waals surface area (Å²) in [5.41, 5.74) is 10.1. The lowest BCUT2D eigenvalue weighted by molar-refractivity contribution is -0.392. The zero-order chi connectivity index (χ0) is 50.1. The maximum atomic E-state index is 14.2. The molecule has 18 nitrogen and oxygen atoms in total. The molecule has 0 radical (unpaired) electrons. The summed E-state index contributed by atoms with van der Waals surface area (Å²) in [6, 6.07) is 15.4. The molecule has 23 heteroatoms. The smallest absolute Gasteiger partial charge is 0.406 e. The summed E-state index contributed by atoms with van der Waals surface area (Å²) in [4.78, 5) is 26.9. The number of rotatable bonds is 14. The molecule has 1 N–H and O–H groups in total. The highest BCUT2D eigenvalue weighted by Crippen LogP contribution is 2.33. The van der Waals surface area contributed by atoms with Crippen LogP contribution < -0.4 is 4.74 Å². The number of aromatic nitrogens is 10. The van der Waals surface area contributed by atoms with Gasteiger partial charge in [0.25, 0.3) is 0 Å². The Morgan fingerprint density at radius 3 is 1.55 bits per heavy atom. The molecule has 0 aliphatic carbocycles. The van der Waals surface area contributed by atoms with E-state index in [2.05, 4.69) is 88.2 Å². The van der Waals surface area contributed by atoms with Gasteiger partial charge in [0.15, 0.2) is 12.4 Å². The predicted octanol–water partition coefficient (Wildman–Crippen LogP) is 9.25. The van der Waals surface area contributed by atoms with Gasteiger partial charge in [-0.2, -0.15) is 24.8 Å². The number of hydrogen-bond donors (Lipinski definition) is 1. The normalized spacial score (nSPS) is 10.9. The average Bonchev–Trinajstić information content (AvgIpc) is 4.07. The summed E-state index contributed by atoms with van der Waals surface area (Å²) in [5.74, 6) is -2.93. The van der Waals surface area contributed by atoms with Crippen LogP contribution in [0.1, 0.15) is 58.9 Å². The zero-order valence-electron chi connectivity index (χ0n) is 38.1. The molecule has 8 rings (SSSR count). The molecule has 360 valence electrons. The number of pyridine rings is 2. The van der Waals surface area contributed by atoms with E-state index in [4.69, 9.17) is 4.74 Å². The SMILES string of the molecule is CCc1cc(Cc2cn(C)nc2-c2ccc(F)cc2CO)n(C)n1.CCc1cc(Cc2cn(C)nc2-c2ccc(F)cc2COc2cc(Br)cnc2[N+](=O)[O-])n(C)n1.O=[N+]([O-])c1ncc(Br)cc1F. The van der Waals surface area contributed by atoms with E-state index in [9.17, 15) is 38.5 Å². The molecule has 2 aromatic carbocycles. The van der Waals surface area contributed by atoms with Gasteiger partial charge in [0.2, 0.25) is 11.6 Å². The lowest BCUT2D eigenvalue weighted by Crippen LogP contribution is -2.04. The average molecular weight is 1080 g/mol. The first-order valence-corrected chi connectivity index (χ1v) is 22.6. The summed E-state index contributed by atoms with van der Waals surface area (Å²) in [6.45, 7) is 3.80. The number of nitro groups is 2. The molecule has 0 spiro atoms. The first-order valence-electron chi connectivity index (χ1n) is 21.0. The Kier molecular flexibility index (Phi) is 16.9. The summed E-state index contributed by atoms with van der Waals surface area (Å²) in [5, 5.41) is 49.0. The summed E-state index contributed by atoms with van der Waals surface area (Å²) >= 11 is 6.17. The van der Waals surface area contributed by atoms with Gasteiger partial charge in [-0.25, -0.2) is 8.78 Å². The molecule has 0 aliphatic heterocycles. The molecule has 0 bridgehead atoms. The molecule has 8 aromatic rings. The van der Waals surface area contributed by atoms with Crippen molar-refractivity contribution in [1.29, 1.82) is 0 Å². The maximum Gasteiger partial charge on any atom is 0.406 e. The molecule has 0 fully saturated rings. The third kappa shape index (κ3) is 12.9. The second-order valence-electron chi connectivity index (χ2n) is 15.4. The van der Waals surface area contributed by atoms with Gasteiger partial charge >= 0.3 is 11.6 Å². The van der Waals surface area contributed by atoms with Gasteiger partial charge in [0, 0.05) is 105 Å². The molecule has 69 heavy (non-hydrogen) atoms. The highest BCUT2D eigenvalue weighted by Gasteiger charge is 2.22. The van der Waals surface area contributed by atoms with Gasteiger partial charge in [0.05, 0.1) is 38.3 Å². The van der Waals surface area contributed by atoms with Gasteiger partial charge in [-0.15, -0.1) is 0 Å². The van der Waals surface area contributed by atoms with Crippen LogP contribution in [0.2, 0.25) is 0 Å². The molecule has 0 atom stereocenters. The fourth-order valence-corrected chi connectivity index (χ4v) is 7.80. The van der Waals surface area contributed by atoms with Crippen LogP contribution in [0.25, 0.3) is 22.5 Å². The third-order valence-electron chi connectivity index (χ3n) is 10.5. The van der Waals surface area contributed by atoms with Crippen LogP contribution in [0.3, 0.4) is 0 Å². The monoisotopic (exact) mass is 1080 g/mol. The van der Waals surface area contributed by atoms with Crippen LogP contribution in [0.15, 0.2) is 94.4 Å². The van der Waals surface area contributed by atoms with E-state index in [1.54, 1.807) is 21.5 Å². The van der Waals surface area contributed by atoms with Crippen LogP contribution in [-0.2, 0) is 67.1 Å². The highest BCUT2D eigenvalue weighted by atomic mass is 79.9. The molecule has 6 heterocycles.